The number of hydrogen-bond acceptors (Lipinski definition) is 3. The van der Waals surface area contributed by atoms with Gasteiger partial charge in [-0.2, -0.15) is 0 Å². The maximum Gasteiger partial charge on any atom is 0.123 e. The molecule has 0 N–H and O–H groups in total. The van der Waals surface area contributed by atoms with Crippen LogP contribution in [0.1, 0.15) is 48.9 Å². The summed E-state index contributed by atoms with van der Waals surface area (Å²) in [6, 6.07) is 11.9. The molecule has 2 fully saturated rings. The van der Waals surface area contributed by atoms with E-state index in [9.17, 15) is 0 Å². The molecule has 1 aromatic heterocycles. The minimum absolute atomic E-state index is 0.0370. The van der Waals surface area contributed by atoms with E-state index in [4.69, 9.17) is 9.72 Å². The Hall–Kier alpha value is -2.13. The first-order chi connectivity index (χ1) is 13.3. The second kappa shape index (κ2) is 5.93. The zero-order chi connectivity index (χ0) is 17.8. The van der Waals surface area contributed by atoms with Gasteiger partial charge in [-0.1, -0.05) is 18.6 Å². The summed E-state index contributed by atoms with van der Waals surface area (Å²) >= 11 is 0. The normalized spacial score (nSPS) is 23.1. The molecule has 3 heteroatoms. The number of hydrogen-bond donors (Lipinski definition) is 0. The van der Waals surface area contributed by atoms with Crippen LogP contribution in [0.25, 0.3) is 17.3 Å². The Balaban J connectivity index is 1.22. The Bertz CT molecular complexity index is 920. The number of allylic oxidation sites excluding steroid dienone is 1. The van der Waals surface area contributed by atoms with Gasteiger partial charge in [-0.05, 0) is 60.7 Å². The maximum atomic E-state index is 6.52. The third-order valence-electron chi connectivity index (χ3n) is 7.12. The number of piperidine rings is 1. The molecule has 6 rings (SSSR count). The monoisotopic (exact) mass is 358 g/mol. The van der Waals surface area contributed by atoms with Crippen molar-refractivity contribution in [2.24, 2.45) is 0 Å². The van der Waals surface area contributed by atoms with E-state index >= 15 is 0 Å². The molecule has 0 unspecified atom stereocenters. The average molecular weight is 358 g/mol. The fraction of sp³-hybridized carbons (Fsp3) is 0.458. The van der Waals surface area contributed by atoms with E-state index < -0.39 is 0 Å². The van der Waals surface area contributed by atoms with Gasteiger partial charge in [-0.15, -0.1) is 0 Å². The van der Waals surface area contributed by atoms with Crippen molar-refractivity contribution in [3.63, 3.8) is 0 Å². The molecule has 2 aromatic rings. The van der Waals surface area contributed by atoms with Gasteiger partial charge < -0.3 is 9.64 Å². The molecule has 0 amide bonds. The van der Waals surface area contributed by atoms with Gasteiger partial charge >= 0.3 is 0 Å². The first-order valence-electron chi connectivity index (χ1n) is 10.5. The van der Waals surface area contributed by atoms with Crippen molar-refractivity contribution in [3.8, 4) is 17.0 Å². The van der Waals surface area contributed by atoms with E-state index in [2.05, 4.69) is 47.4 Å². The molecule has 1 saturated heterocycles. The molecule has 138 valence electrons. The Morgan fingerprint density at radius 1 is 1.04 bits per heavy atom. The summed E-state index contributed by atoms with van der Waals surface area (Å²) in [5.74, 6) is 1.09. The van der Waals surface area contributed by atoms with Crippen molar-refractivity contribution < 1.29 is 4.74 Å². The van der Waals surface area contributed by atoms with Crippen molar-refractivity contribution >= 4 is 6.08 Å². The maximum absolute atomic E-state index is 6.52. The summed E-state index contributed by atoms with van der Waals surface area (Å²) in [5.41, 5.74) is 6.15. The average Bonchev–Trinajstić information content (AvgIpc) is 3.25. The van der Waals surface area contributed by atoms with Gasteiger partial charge in [0.15, 0.2) is 0 Å². The molecule has 0 radical (unpaired) electrons. The molecule has 4 aliphatic rings. The van der Waals surface area contributed by atoms with Gasteiger partial charge in [-0.3, -0.25) is 0 Å². The predicted octanol–water partition coefficient (Wildman–Crippen LogP) is 4.64. The zero-order valence-electron chi connectivity index (χ0n) is 15.8. The molecule has 2 aliphatic heterocycles. The lowest BCUT2D eigenvalue weighted by Crippen LogP contribution is -2.52. The number of nitrogens with zero attached hydrogens (tertiary/aromatic N) is 2. The van der Waals surface area contributed by atoms with Crippen molar-refractivity contribution in [3.05, 3.63) is 53.2 Å². The van der Waals surface area contributed by atoms with Gasteiger partial charge in [0.2, 0.25) is 0 Å². The lowest BCUT2D eigenvalue weighted by Gasteiger charge is -2.45. The van der Waals surface area contributed by atoms with E-state index in [1.54, 1.807) is 0 Å². The van der Waals surface area contributed by atoms with Crippen LogP contribution in [-0.2, 0) is 12.8 Å². The van der Waals surface area contributed by atoms with Crippen molar-refractivity contribution in [2.45, 2.75) is 56.6 Å². The molecule has 1 saturated carbocycles. The molecule has 3 heterocycles. The predicted molar refractivity (Wildman–Crippen MR) is 108 cm³/mol. The van der Waals surface area contributed by atoms with Crippen LogP contribution in [0.4, 0.5) is 0 Å². The van der Waals surface area contributed by atoms with Crippen molar-refractivity contribution in [1.82, 2.24) is 9.88 Å². The van der Waals surface area contributed by atoms with Crippen molar-refractivity contribution in [1.29, 1.82) is 0 Å². The Morgan fingerprint density at radius 3 is 2.74 bits per heavy atom. The van der Waals surface area contributed by atoms with E-state index in [1.165, 1.54) is 49.0 Å². The lowest BCUT2D eigenvalue weighted by atomic mass is 9.83. The highest BCUT2D eigenvalue weighted by atomic mass is 16.5. The Labute approximate surface area is 161 Å². The SMILES string of the molecule is C1=Cc2nc(-c3ccc4c(c3)CC3(CCN(C5CCC5)CC3)O4)ccc2C1. The summed E-state index contributed by atoms with van der Waals surface area (Å²) in [5, 5.41) is 0. The fourth-order valence-corrected chi connectivity index (χ4v) is 5.20. The summed E-state index contributed by atoms with van der Waals surface area (Å²) < 4.78 is 6.52. The van der Waals surface area contributed by atoms with Crippen molar-refractivity contribution in [2.75, 3.05) is 13.1 Å². The van der Waals surface area contributed by atoms with E-state index in [1.807, 2.05) is 0 Å². The highest BCUT2D eigenvalue weighted by Crippen LogP contribution is 2.43. The molecule has 2 aliphatic carbocycles. The van der Waals surface area contributed by atoms with Crippen LogP contribution < -0.4 is 4.74 Å². The quantitative estimate of drug-likeness (QED) is 0.782. The largest absolute Gasteiger partial charge is 0.487 e. The summed E-state index contributed by atoms with van der Waals surface area (Å²) in [6.45, 7) is 2.40. The number of ether oxygens (including phenoxy) is 1. The highest BCUT2D eigenvalue weighted by Gasteiger charge is 2.43. The summed E-state index contributed by atoms with van der Waals surface area (Å²) in [6.07, 6.45) is 13.0. The third-order valence-corrected chi connectivity index (χ3v) is 7.12. The van der Waals surface area contributed by atoms with Gasteiger partial charge in [0, 0.05) is 44.0 Å². The van der Waals surface area contributed by atoms with Crippen LogP contribution in [-0.4, -0.2) is 34.6 Å². The first kappa shape index (κ1) is 15.9. The van der Waals surface area contributed by atoms with Crippen LogP contribution >= 0.6 is 0 Å². The fourth-order valence-electron chi connectivity index (χ4n) is 5.20. The first-order valence-corrected chi connectivity index (χ1v) is 10.5. The van der Waals surface area contributed by atoms with E-state index in [-0.39, 0.29) is 5.60 Å². The standard InChI is InChI=1S/C24H26N2O/c1-3-17-7-9-22(25-21(17)6-1)18-8-10-23-19(15-18)16-24(27-23)11-13-26(14-12-24)20-4-2-5-20/h1,6-10,15,20H,2-5,11-14,16H2. The van der Waals surface area contributed by atoms with Crippen LogP contribution in [0.15, 0.2) is 36.4 Å². The number of aromatic nitrogens is 1. The molecular weight excluding hydrogens is 332 g/mol. The van der Waals surface area contributed by atoms with Crippen LogP contribution in [0.2, 0.25) is 0 Å². The number of fused-ring (bicyclic) bond motifs is 2. The third kappa shape index (κ3) is 2.63. The van der Waals surface area contributed by atoms with E-state index in [0.29, 0.717) is 0 Å². The number of benzene rings is 1. The number of likely N-dealkylation sites (tertiary alicyclic amines) is 1. The number of rotatable bonds is 2. The van der Waals surface area contributed by atoms with Crippen LogP contribution in [0, 0.1) is 0 Å². The van der Waals surface area contributed by atoms with E-state index in [0.717, 1.165) is 48.9 Å². The molecule has 0 atom stereocenters. The zero-order valence-corrected chi connectivity index (χ0v) is 15.8. The Kier molecular flexibility index (Phi) is 3.49. The van der Waals surface area contributed by atoms with Gasteiger partial charge in [-0.25, -0.2) is 4.98 Å². The molecular formula is C24H26N2O. The second-order valence-corrected chi connectivity index (χ2v) is 8.75. The molecule has 27 heavy (non-hydrogen) atoms. The van der Waals surface area contributed by atoms with Gasteiger partial charge in [0.05, 0.1) is 11.4 Å². The summed E-state index contributed by atoms with van der Waals surface area (Å²) in [4.78, 5) is 7.57. The minimum atomic E-state index is 0.0370. The molecule has 0 bridgehead atoms. The molecule has 3 nitrogen and oxygen atoms in total. The smallest absolute Gasteiger partial charge is 0.123 e. The molecule has 1 spiro atoms. The summed E-state index contributed by atoms with van der Waals surface area (Å²) in [7, 11) is 0. The topological polar surface area (TPSA) is 25.4 Å². The minimum Gasteiger partial charge on any atom is -0.487 e. The number of pyridine rings is 1. The molecule has 1 aromatic carbocycles. The Morgan fingerprint density at radius 2 is 1.93 bits per heavy atom. The second-order valence-electron chi connectivity index (χ2n) is 8.75. The lowest BCUT2D eigenvalue weighted by molar-refractivity contribution is -0.00746. The highest BCUT2D eigenvalue weighted by molar-refractivity contribution is 5.67. The van der Waals surface area contributed by atoms with Gasteiger partial charge in [0.1, 0.15) is 11.4 Å². The van der Waals surface area contributed by atoms with Crippen LogP contribution in [0.5, 0.6) is 5.75 Å². The van der Waals surface area contributed by atoms with Crippen LogP contribution in [0.3, 0.4) is 0 Å². The van der Waals surface area contributed by atoms with Gasteiger partial charge in [0.25, 0.3) is 0 Å².